The van der Waals surface area contributed by atoms with Gasteiger partial charge in [-0.2, -0.15) is 0 Å². The number of urea groups is 1. The van der Waals surface area contributed by atoms with Gasteiger partial charge in [0.05, 0.1) is 7.11 Å². The van der Waals surface area contributed by atoms with Crippen molar-refractivity contribution in [2.75, 3.05) is 30.8 Å². The molecule has 132 valence electrons. The van der Waals surface area contributed by atoms with Crippen LogP contribution in [0.4, 0.5) is 16.3 Å². The Morgan fingerprint density at radius 3 is 2.60 bits per heavy atom. The van der Waals surface area contributed by atoms with Crippen LogP contribution in [0.1, 0.15) is 5.76 Å². The lowest BCUT2D eigenvalue weighted by Gasteiger charge is -2.21. The third-order valence-corrected chi connectivity index (χ3v) is 3.21. The number of carbonyl (C=O) groups excluding carboxylic acids is 2. The van der Waals surface area contributed by atoms with Crippen molar-refractivity contribution in [3.8, 4) is 5.75 Å². The molecular weight excluding hydrogens is 324 g/mol. The molecule has 0 saturated carbocycles. The maximum absolute atomic E-state index is 12.4. The van der Waals surface area contributed by atoms with Crippen LogP contribution in [0.3, 0.4) is 0 Å². The topological polar surface area (TPSA) is 96.7 Å². The van der Waals surface area contributed by atoms with E-state index in [2.05, 4.69) is 22.4 Å². The summed E-state index contributed by atoms with van der Waals surface area (Å²) in [4.78, 5) is 25.8. The lowest BCUT2D eigenvalue weighted by Crippen LogP contribution is -2.40. The van der Waals surface area contributed by atoms with Gasteiger partial charge in [-0.05, 0) is 31.2 Å². The van der Waals surface area contributed by atoms with Gasteiger partial charge in [-0.3, -0.25) is 4.79 Å². The van der Waals surface area contributed by atoms with Gasteiger partial charge in [-0.15, -0.1) is 6.58 Å². The number of benzene rings is 1. The number of methoxy groups -OCH3 is 1. The van der Waals surface area contributed by atoms with Crippen molar-refractivity contribution >= 4 is 23.4 Å². The first-order valence-corrected chi connectivity index (χ1v) is 7.56. The van der Waals surface area contributed by atoms with Crippen LogP contribution in [0.25, 0.3) is 0 Å². The van der Waals surface area contributed by atoms with E-state index >= 15 is 0 Å². The Morgan fingerprint density at radius 1 is 1.32 bits per heavy atom. The van der Waals surface area contributed by atoms with E-state index in [1.54, 1.807) is 50.4 Å². The zero-order valence-corrected chi connectivity index (χ0v) is 14.1. The SMILES string of the molecule is C=CCN(CC(=O)Nc1cc(C)on1)C(=O)Nc1ccc(OC)cc1. The second-order valence-electron chi connectivity index (χ2n) is 5.20. The smallest absolute Gasteiger partial charge is 0.322 e. The van der Waals surface area contributed by atoms with Crippen molar-refractivity contribution in [2.24, 2.45) is 0 Å². The molecule has 0 atom stereocenters. The number of carbonyl (C=O) groups is 2. The molecule has 8 nitrogen and oxygen atoms in total. The van der Waals surface area contributed by atoms with Gasteiger partial charge in [-0.25, -0.2) is 4.79 Å². The highest BCUT2D eigenvalue weighted by molar-refractivity contribution is 5.96. The molecule has 1 heterocycles. The van der Waals surface area contributed by atoms with Gasteiger partial charge in [0.15, 0.2) is 5.82 Å². The highest BCUT2D eigenvalue weighted by atomic mass is 16.5. The van der Waals surface area contributed by atoms with E-state index in [-0.39, 0.29) is 19.0 Å². The Hall–Kier alpha value is -3.29. The van der Waals surface area contributed by atoms with Gasteiger partial charge in [0.2, 0.25) is 5.91 Å². The quantitative estimate of drug-likeness (QED) is 0.753. The summed E-state index contributed by atoms with van der Waals surface area (Å²) in [5.74, 6) is 1.18. The summed E-state index contributed by atoms with van der Waals surface area (Å²) in [7, 11) is 1.56. The monoisotopic (exact) mass is 344 g/mol. The third kappa shape index (κ3) is 5.38. The van der Waals surface area contributed by atoms with Crippen molar-refractivity contribution in [3.63, 3.8) is 0 Å². The largest absolute Gasteiger partial charge is 0.497 e. The average molecular weight is 344 g/mol. The number of aromatic nitrogens is 1. The number of rotatable bonds is 7. The van der Waals surface area contributed by atoms with E-state index in [0.717, 1.165) is 0 Å². The second kappa shape index (κ2) is 8.53. The summed E-state index contributed by atoms with van der Waals surface area (Å²) in [6.45, 7) is 5.39. The van der Waals surface area contributed by atoms with E-state index in [0.29, 0.717) is 23.0 Å². The van der Waals surface area contributed by atoms with Crippen molar-refractivity contribution in [1.29, 1.82) is 0 Å². The Morgan fingerprint density at radius 2 is 2.04 bits per heavy atom. The maximum atomic E-state index is 12.4. The number of nitrogens with one attached hydrogen (secondary N) is 2. The zero-order valence-electron chi connectivity index (χ0n) is 14.1. The molecule has 8 heteroatoms. The van der Waals surface area contributed by atoms with E-state index in [4.69, 9.17) is 9.26 Å². The van der Waals surface area contributed by atoms with E-state index in [1.807, 2.05) is 0 Å². The van der Waals surface area contributed by atoms with Crippen molar-refractivity contribution < 1.29 is 18.8 Å². The van der Waals surface area contributed by atoms with Crippen molar-refractivity contribution in [2.45, 2.75) is 6.92 Å². The summed E-state index contributed by atoms with van der Waals surface area (Å²) in [5, 5.41) is 8.97. The van der Waals surface area contributed by atoms with E-state index in [9.17, 15) is 9.59 Å². The van der Waals surface area contributed by atoms with Gasteiger partial charge in [-0.1, -0.05) is 11.2 Å². The third-order valence-electron chi connectivity index (χ3n) is 3.21. The normalized spacial score (nSPS) is 10.0. The number of ether oxygens (including phenoxy) is 1. The summed E-state index contributed by atoms with van der Waals surface area (Å²) in [6.07, 6.45) is 1.54. The number of anilines is 2. The summed E-state index contributed by atoms with van der Waals surface area (Å²) < 4.78 is 9.95. The predicted octanol–water partition coefficient (Wildman–Crippen LogP) is 2.65. The van der Waals surface area contributed by atoms with Crippen LogP contribution in [0.2, 0.25) is 0 Å². The van der Waals surface area contributed by atoms with Gasteiger partial charge in [0, 0.05) is 18.3 Å². The predicted molar refractivity (Wildman–Crippen MR) is 93.7 cm³/mol. The second-order valence-corrected chi connectivity index (χ2v) is 5.20. The Kier molecular flexibility index (Phi) is 6.16. The molecule has 2 rings (SSSR count). The summed E-state index contributed by atoms with van der Waals surface area (Å²) in [6, 6.07) is 8.05. The molecule has 0 aliphatic carbocycles. The number of aryl methyl sites for hydroxylation is 1. The van der Waals surface area contributed by atoms with Crippen LogP contribution in [-0.2, 0) is 4.79 Å². The average Bonchev–Trinajstić information content (AvgIpc) is 2.99. The Labute approximate surface area is 145 Å². The molecule has 0 saturated heterocycles. The van der Waals surface area contributed by atoms with Gasteiger partial charge in [0.1, 0.15) is 18.1 Å². The molecule has 0 radical (unpaired) electrons. The van der Waals surface area contributed by atoms with Crippen LogP contribution < -0.4 is 15.4 Å². The molecule has 2 N–H and O–H groups in total. The van der Waals surface area contributed by atoms with Crippen LogP contribution in [0, 0.1) is 6.92 Å². The zero-order chi connectivity index (χ0) is 18.2. The molecule has 0 aliphatic rings. The first-order valence-electron chi connectivity index (χ1n) is 7.56. The molecule has 0 fully saturated rings. The fourth-order valence-corrected chi connectivity index (χ4v) is 2.03. The molecular formula is C17H20N4O4. The lowest BCUT2D eigenvalue weighted by atomic mass is 10.3. The van der Waals surface area contributed by atoms with Gasteiger partial charge in [0.25, 0.3) is 0 Å². The highest BCUT2D eigenvalue weighted by Gasteiger charge is 2.17. The van der Waals surface area contributed by atoms with Crippen molar-refractivity contribution in [3.05, 3.63) is 48.7 Å². The van der Waals surface area contributed by atoms with Crippen LogP contribution >= 0.6 is 0 Å². The van der Waals surface area contributed by atoms with Gasteiger partial charge < -0.3 is 24.8 Å². The minimum atomic E-state index is -0.420. The molecule has 0 unspecified atom stereocenters. The summed E-state index contributed by atoms with van der Waals surface area (Å²) in [5.41, 5.74) is 0.590. The van der Waals surface area contributed by atoms with Gasteiger partial charge >= 0.3 is 6.03 Å². The maximum Gasteiger partial charge on any atom is 0.322 e. The van der Waals surface area contributed by atoms with Crippen LogP contribution in [0.15, 0.2) is 47.5 Å². The molecule has 3 amide bonds. The van der Waals surface area contributed by atoms with Crippen molar-refractivity contribution in [1.82, 2.24) is 10.1 Å². The van der Waals surface area contributed by atoms with Crippen LogP contribution in [0.5, 0.6) is 5.75 Å². The molecule has 2 aromatic rings. The lowest BCUT2D eigenvalue weighted by molar-refractivity contribution is -0.116. The number of nitrogens with zero attached hydrogens (tertiary/aromatic N) is 2. The Bertz CT molecular complexity index is 739. The summed E-state index contributed by atoms with van der Waals surface area (Å²) >= 11 is 0. The fourth-order valence-electron chi connectivity index (χ4n) is 2.03. The number of hydrogen-bond acceptors (Lipinski definition) is 5. The standard InChI is InChI=1S/C17H20N4O4/c1-4-9-21(11-16(22)19-15-10-12(2)25-20-15)17(23)18-13-5-7-14(24-3)8-6-13/h4-8,10H,1,9,11H2,2-3H3,(H,18,23)(H,19,20,22). The van der Waals surface area contributed by atoms with E-state index < -0.39 is 6.03 Å². The first-order chi connectivity index (χ1) is 12.0. The molecule has 0 bridgehead atoms. The minimum absolute atomic E-state index is 0.153. The molecule has 0 spiro atoms. The molecule has 25 heavy (non-hydrogen) atoms. The number of amides is 3. The molecule has 1 aromatic carbocycles. The highest BCUT2D eigenvalue weighted by Crippen LogP contribution is 2.15. The minimum Gasteiger partial charge on any atom is -0.497 e. The fraction of sp³-hybridized carbons (Fsp3) is 0.235. The van der Waals surface area contributed by atoms with E-state index in [1.165, 1.54) is 4.90 Å². The molecule has 1 aromatic heterocycles. The Balaban J connectivity index is 1.96. The van der Waals surface area contributed by atoms with Crippen LogP contribution in [-0.4, -0.2) is 42.2 Å². The molecule has 0 aliphatic heterocycles. The number of hydrogen-bond donors (Lipinski definition) is 2. The first kappa shape index (κ1) is 18.1.